The molecule has 0 bridgehead atoms. The van der Waals surface area contributed by atoms with Crippen molar-refractivity contribution in [1.29, 1.82) is 0 Å². The number of rotatable bonds is 6. The van der Waals surface area contributed by atoms with Crippen LogP contribution in [0.2, 0.25) is 0 Å². The third-order valence-corrected chi connectivity index (χ3v) is 3.85. The maximum absolute atomic E-state index is 12.9. The Kier molecular flexibility index (Phi) is 5.68. The summed E-state index contributed by atoms with van der Waals surface area (Å²) in [5.41, 5.74) is 0.599. The largest absolute Gasteiger partial charge is 0.317 e. The average molecular weight is 278 g/mol. The maximum Gasteiger partial charge on any atom is 0.176 e. The van der Waals surface area contributed by atoms with Gasteiger partial charge in [-0.1, -0.05) is 6.92 Å². The van der Waals surface area contributed by atoms with Crippen LogP contribution < -0.4 is 5.32 Å². The fourth-order valence-corrected chi connectivity index (χ4v) is 2.76. The summed E-state index contributed by atoms with van der Waals surface area (Å²) in [5, 5.41) is 3.35. The van der Waals surface area contributed by atoms with Gasteiger partial charge in [-0.3, -0.25) is 9.69 Å². The maximum atomic E-state index is 12.9. The molecule has 0 radical (unpaired) electrons. The Hall–Kier alpha value is -1.26. The molecule has 1 N–H and O–H groups in total. The van der Waals surface area contributed by atoms with Crippen LogP contribution in [0.3, 0.4) is 0 Å². The highest BCUT2D eigenvalue weighted by atomic mass is 19.1. The highest BCUT2D eigenvalue weighted by Gasteiger charge is 2.22. The number of benzene rings is 1. The topological polar surface area (TPSA) is 32.3 Å². The fourth-order valence-electron chi connectivity index (χ4n) is 2.76. The van der Waals surface area contributed by atoms with Gasteiger partial charge in [0, 0.05) is 11.6 Å². The molecule has 0 unspecified atom stereocenters. The van der Waals surface area contributed by atoms with E-state index in [0.29, 0.717) is 18.2 Å². The number of carbonyl (C=O) groups is 1. The number of piperidine rings is 1. The molecule has 0 aromatic heterocycles. The summed E-state index contributed by atoms with van der Waals surface area (Å²) >= 11 is 0. The molecule has 1 saturated heterocycles. The van der Waals surface area contributed by atoms with Crippen molar-refractivity contribution in [2.75, 3.05) is 26.2 Å². The van der Waals surface area contributed by atoms with Crippen molar-refractivity contribution in [3.8, 4) is 0 Å². The van der Waals surface area contributed by atoms with Gasteiger partial charge in [0.05, 0.1) is 6.54 Å². The van der Waals surface area contributed by atoms with Gasteiger partial charge in [0.15, 0.2) is 5.78 Å². The third-order valence-electron chi connectivity index (χ3n) is 3.85. The zero-order valence-electron chi connectivity index (χ0n) is 12.1. The van der Waals surface area contributed by atoms with Crippen molar-refractivity contribution in [3.63, 3.8) is 0 Å². The monoisotopic (exact) mass is 278 g/mol. The number of ketones is 1. The molecule has 0 saturated carbocycles. The van der Waals surface area contributed by atoms with E-state index in [-0.39, 0.29) is 11.6 Å². The Balaban J connectivity index is 1.99. The molecule has 3 nitrogen and oxygen atoms in total. The van der Waals surface area contributed by atoms with E-state index in [4.69, 9.17) is 0 Å². The minimum atomic E-state index is -0.301. The molecule has 0 amide bonds. The standard InChI is InChI=1S/C16H23FN2O/c1-2-11-19(15-7-9-18-10-8-15)12-16(20)13-3-5-14(17)6-4-13/h3-6,15,18H,2,7-12H2,1H3. The average Bonchev–Trinajstić information content (AvgIpc) is 2.48. The molecule has 1 fully saturated rings. The second kappa shape index (κ2) is 7.50. The molecular weight excluding hydrogens is 255 g/mol. The van der Waals surface area contributed by atoms with Crippen LogP contribution in [0.25, 0.3) is 0 Å². The number of nitrogens with zero attached hydrogens (tertiary/aromatic N) is 1. The normalized spacial score (nSPS) is 16.6. The lowest BCUT2D eigenvalue weighted by atomic mass is 10.0. The van der Waals surface area contributed by atoms with Crippen LogP contribution in [-0.4, -0.2) is 42.9 Å². The summed E-state index contributed by atoms with van der Waals surface area (Å²) in [5.74, 6) is -0.220. The Morgan fingerprint density at radius 2 is 1.95 bits per heavy atom. The van der Waals surface area contributed by atoms with Crippen LogP contribution >= 0.6 is 0 Å². The molecule has 4 heteroatoms. The summed E-state index contributed by atoms with van der Waals surface area (Å²) in [7, 11) is 0. The molecule has 1 aliphatic heterocycles. The molecule has 2 rings (SSSR count). The van der Waals surface area contributed by atoms with Gasteiger partial charge in [-0.25, -0.2) is 4.39 Å². The van der Waals surface area contributed by atoms with Crippen molar-refractivity contribution in [2.45, 2.75) is 32.2 Å². The molecular formula is C16H23FN2O. The highest BCUT2D eigenvalue weighted by molar-refractivity contribution is 5.97. The number of Topliss-reactive ketones (excluding diaryl/α,β-unsaturated/α-hetero) is 1. The van der Waals surface area contributed by atoms with Gasteiger partial charge in [0.25, 0.3) is 0 Å². The lowest BCUT2D eigenvalue weighted by Crippen LogP contribution is -2.45. The SMILES string of the molecule is CCCN(CC(=O)c1ccc(F)cc1)C1CCNCC1. The molecule has 0 aliphatic carbocycles. The van der Waals surface area contributed by atoms with Gasteiger partial charge in [-0.05, 0) is 63.2 Å². The first-order chi connectivity index (χ1) is 9.70. The van der Waals surface area contributed by atoms with E-state index < -0.39 is 0 Å². The third kappa shape index (κ3) is 4.12. The van der Waals surface area contributed by atoms with E-state index >= 15 is 0 Å². The van der Waals surface area contributed by atoms with Gasteiger partial charge in [-0.15, -0.1) is 0 Å². The highest BCUT2D eigenvalue weighted by Crippen LogP contribution is 2.14. The Morgan fingerprint density at radius 1 is 1.30 bits per heavy atom. The van der Waals surface area contributed by atoms with E-state index in [1.807, 2.05) is 0 Å². The molecule has 1 aromatic rings. The summed E-state index contributed by atoms with van der Waals surface area (Å²) in [6.07, 6.45) is 3.23. The zero-order chi connectivity index (χ0) is 14.4. The van der Waals surface area contributed by atoms with E-state index in [1.165, 1.54) is 12.1 Å². The minimum absolute atomic E-state index is 0.0805. The molecule has 0 atom stereocenters. The van der Waals surface area contributed by atoms with Crippen LogP contribution in [0, 0.1) is 5.82 Å². The van der Waals surface area contributed by atoms with Crippen LogP contribution in [0.1, 0.15) is 36.5 Å². The molecule has 110 valence electrons. The summed E-state index contributed by atoms with van der Waals surface area (Å²) in [4.78, 5) is 14.6. The van der Waals surface area contributed by atoms with Gasteiger partial charge in [0.1, 0.15) is 5.82 Å². The van der Waals surface area contributed by atoms with Crippen molar-refractivity contribution >= 4 is 5.78 Å². The number of halogens is 1. The van der Waals surface area contributed by atoms with E-state index in [0.717, 1.165) is 38.9 Å². The second-order valence-electron chi connectivity index (χ2n) is 5.38. The predicted molar refractivity (Wildman–Crippen MR) is 78.5 cm³/mol. The quantitative estimate of drug-likeness (QED) is 0.811. The van der Waals surface area contributed by atoms with Crippen LogP contribution in [0.15, 0.2) is 24.3 Å². The number of carbonyl (C=O) groups excluding carboxylic acids is 1. The lowest BCUT2D eigenvalue weighted by Gasteiger charge is -2.34. The van der Waals surface area contributed by atoms with Gasteiger partial charge >= 0.3 is 0 Å². The van der Waals surface area contributed by atoms with Gasteiger partial charge in [0.2, 0.25) is 0 Å². The molecule has 1 aliphatic rings. The van der Waals surface area contributed by atoms with Crippen LogP contribution in [0.4, 0.5) is 4.39 Å². The van der Waals surface area contributed by atoms with E-state index in [2.05, 4.69) is 17.1 Å². The molecule has 20 heavy (non-hydrogen) atoms. The first-order valence-electron chi connectivity index (χ1n) is 7.44. The van der Waals surface area contributed by atoms with Crippen LogP contribution in [0.5, 0.6) is 0 Å². The predicted octanol–water partition coefficient (Wildman–Crippen LogP) is 2.47. The first-order valence-corrected chi connectivity index (χ1v) is 7.44. The smallest absolute Gasteiger partial charge is 0.176 e. The van der Waals surface area contributed by atoms with E-state index in [1.54, 1.807) is 12.1 Å². The van der Waals surface area contributed by atoms with Crippen molar-refractivity contribution in [1.82, 2.24) is 10.2 Å². The number of nitrogens with one attached hydrogen (secondary N) is 1. The summed E-state index contributed by atoms with van der Waals surface area (Å²) < 4.78 is 12.9. The first kappa shape index (κ1) is 15.1. The Bertz CT molecular complexity index is 427. The van der Waals surface area contributed by atoms with Crippen molar-refractivity contribution in [3.05, 3.63) is 35.6 Å². The fraction of sp³-hybridized carbons (Fsp3) is 0.562. The minimum Gasteiger partial charge on any atom is -0.317 e. The summed E-state index contributed by atoms with van der Waals surface area (Å²) in [6.45, 7) is 5.56. The lowest BCUT2D eigenvalue weighted by molar-refractivity contribution is 0.0865. The molecule has 0 spiro atoms. The Labute approximate surface area is 120 Å². The van der Waals surface area contributed by atoms with Crippen molar-refractivity contribution in [2.24, 2.45) is 0 Å². The van der Waals surface area contributed by atoms with E-state index in [9.17, 15) is 9.18 Å². The Morgan fingerprint density at radius 3 is 2.55 bits per heavy atom. The second-order valence-corrected chi connectivity index (χ2v) is 5.38. The van der Waals surface area contributed by atoms with Crippen LogP contribution in [-0.2, 0) is 0 Å². The summed E-state index contributed by atoms with van der Waals surface area (Å²) in [6, 6.07) is 6.33. The van der Waals surface area contributed by atoms with Gasteiger partial charge < -0.3 is 5.32 Å². The van der Waals surface area contributed by atoms with Crippen molar-refractivity contribution < 1.29 is 9.18 Å². The number of hydrogen-bond acceptors (Lipinski definition) is 3. The van der Waals surface area contributed by atoms with Gasteiger partial charge in [-0.2, -0.15) is 0 Å². The zero-order valence-corrected chi connectivity index (χ0v) is 12.1. The number of hydrogen-bond donors (Lipinski definition) is 1. The molecule has 1 aromatic carbocycles. The molecule has 1 heterocycles.